The van der Waals surface area contributed by atoms with Gasteiger partial charge in [-0.25, -0.2) is 0 Å². The number of H-pyrrole nitrogens is 1. The number of nitrogens with one attached hydrogen (secondary N) is 2. The molecular formula is C27H24N4O3. The molecule has 1 aromatic heterocycles. The Morgan fingerprint density at radius 1 is 1.06 bits per heavy atom. The smallest absolute Gasteiger partial charge is 0.243 e. The normalized spacial score (nSPS) is 17.0. The molecule has 0 fully saturated rings. The van der Waals surface area contributed by atoms with Crippen LogP contribution in [-0.2, 0) is 6.61 Å². The molecule has 2 N–H and O–H groups in total. The number of aryl methyl sites for hydroxylation is 1. The maximum absolute atomic E-state index is 9.80. The molecule has 7 heteroatoms. The van der Waals surface area contributed by atoms with Crippen molar-refractivity contribution in [1.82, 2.24) is 10.2 Å². The van der Waals surface area contributed by atoms with Crippen LogP contribution in [0.15, 0.2) is 60.7 Å². The standard InChI is InChI=1S/C27H24N4O3/c1-3-32-23-13-20(25-21(14-28)26(29)34-27-24(25)16(2)30-31-27)10-11-22(23)33-15-17-8-9-18-6-4-5-7-19(18)12-17/h4-13,21,25,29H,3,15H2,1-2H3,(H,30,31). The highest BCUT2D eigenvalue weighted by molar-refractivity contribution is 5.85. The number of nitrogens with zero attached hydrogens (tertiary/aromatic N) is 2. The van der Waals surface area contributed by atoms with Gasteiger partial charge in [0.05, 0.1) is 12.7 Å². The molecule has 1 aliphatic heterocycles. The first-order valence-electron chi connectivity index (χ1n) is 11.2. The third-order valence-corrected chi connectivity index (χ3v) is 6.07. The second kappa shape index (κ2) is 8.91. The molecular weight excluding hydrogens is 428 g/mol. The van der Waals surface area contributed by atoms with Crippen molar-refractivity contribution in [2.24, 2.45) is 5.92 Å². The Labute approximate surface area is 197 Å². The van der Waals surface area contributed by atoms with Crippen molar-refractivity contribution < 1.29 is 14.2 Å². The fourth-order valence-electron chi connectivity index (χ4n) is 4.43. The lowest BCUT2D eigenvalue weighted by molar-refractivity contribution is 0.269. The van der Waals surface area contributed by atoms with Crippen molar-refractivity contribution in [3.8, 4) is 23.4 Å². The van der Waals surface area contributed by atoms with Crippen LogP contribution in [-0.4, -0.2) is 22.7 Å². The molecule has 1 aliphatic rings. The van der Waals surface area contributed by atoms with Crippen molar-refractivity contribution >= 4 is 16.7 Å². The first-order valence-corrected chi connectivity index (χ1v) is 11.2. The Bertz CT molecular complexity index is 1420. The van der Waals surface area contributed by atoms with Gasteiger partial charge >= 0.3 is 0 Å². The number of nitriles is 1. The molecule has 170 valence electrons. The van der Waals surface area contributed by atoms with Crippen LogP contribution in [0.5, 0.6) is 17.4 Å². The van der Waals surface area contributed by atoms with Crippen LogP contribution in [0.3, 0.4) is 0 Å². The monoisotopic (exact) mass is 452 g/mol. The summed E-state index contributed by atoms with van der Waals surface area (Å²) in [5, 5.41) is 27.4. The molecule has 0 spiro atoms. The van der Waals surface area contributed by atoms with Crippen LogP contribution in [0, 0.1) is 29.6 Å². The molecule has 2 heterocycles. The Balaban J connectivity index is 1.46. The summed E-state index contributed by atoms with van der Waals surface area (Å²) in [4.78, 5) is 0. The van der Waals surface area contributed by atoms with E-state index >= 15 is 0 Å². The van der Waals surface area contributed by atoms with Crippen molar-refractivity contribution in [3.63, 3.8) is 0 Å². The minimum Gasteiger partial charge on any atom is -0.490 e. The lowest BCUT2D eigenvalue weighted by Crippen LogP contribution is -2.31. The molecule has 4 aromatic rings. The minimum absolute atomic E-state index is 0.110. The van der Waals surface area contributed by atoms with Gasteiger partial charge in [-0.15, -0.1) is 5.10 Å². The summed E-state index contributed by atoms with van der Waals surface area (Å²) in [5.41, 5.74) is 3.50. The number of rotatable bonds is 6. The molecule has 2 unspecified atom stereocenters. The van der Waals surface area contributed by atoms with Crippen LogP contribution in [0.4, 0.5) is 0 Å². The lowest BCUT2D eigenvalue weighted by Gasteiger charge is -2.28. The summed E-state index contributed by atoms with van der Waals surface area (Å²) in [6.07, 6.45) is 0. The van der Waals surface area contributed by atoms with E-state index in [4.69, 9.17) is 19.6 Å². The van der Waals surface area contributed by atoms with Gasteiger partial charge in [-0.2, -0.15) is 5.26 Å². The second-order valence-corrected chi connectivity index (χ2v) is 8.23. The summed E-state index contributed by atoms with van der Waals surface area (Å²) in [5.74, 6) is 0.294. The van der Waals surface area contributed by atoms with E-state index in [1.165, 1.54) is 10.8 Å². The highest BCUT2D eigenvalue weighted by Gasteiger charge is 2.40. The number of aromatic amines is 1. The number of fused-ring (bicyclic) bond motifs is 2. The van der Waals surface area contributed by atoms with Gasteiger partial charge in [0.15, 0.2) is 11.5 Å². The molecule has 7 nitrogen and oxygen atoms in total. The van der Waals surface area contributed by atoms with E-state index in [1.807, 2.05) is 44.2 Å². The third kappa shape index (κ3) is 3.84. The molecule has 34 heavy (non-hydrogen) atoms. The zero-order chi connectivity index (χ0) is 23.7. The fraction of sp³-hybridized carbons (Fsp3) is 0.222. The van der Waals surface area contributed by atoms with E-state index in [1.54, 1.807) is 0 Å². The Kier molecular flexibility index (Phi) is 5.64. The zero-order valence-corrected chi connectivity index (χ0v) is 19.0. The van der Waals surface area contributed by atoms with Gasteiger partial charge in [-0.05, 0) is 53.9 Å². The number of hydrogen-bond acceptors (Lipinski definition) is 6. The number of ether oxygens (including phenoxy) is 3. The molecule has 0 amide bonds. The van der Waals surface area contributed by atoms with Crippen molar-refractivity contribution in [2.45, 2.75) is 26.4 Å². The highest BCUT2D eigenvalue weighted by Crippen LogP contribution is 2.44. The molecule has 5 rings (SSSR count). The summed E-state index contributed by atoms with van der Waals surface area (Å²) >= 11 is 0. The molecule has 3 aromatic carbocycles. The predicted octanol–water partition coefficient (Wildman–Crippen LogP) is 5.49. The maximum atomic E-state index is 9.80. The van der Waals surface area contributed by atoms with E-state index in [-0.39, 0.29) is 5.90 Å². The molecule has 0 bridgehead atoms. The van der Waals surface area contributed by atoms with Gasteiger partial charge in [0.2, 0.25) is 11.8 Å². The van der Waals surface area contributed by atoms with Crippen LogP contribution in [0.2, 0.25) is 0 Å². The van der Waals surface area contributed by atoms with Crippen LogP contribution < -0.4 is 14.2 Å². The van der Waals surface area contributed by atoms with E-state index < -0.39 is 11.8 Å². The van der Waals surface area contributed by atoms with Gasteiger partial charge in [0.25, 0.3) is 0 Å². The molecule has 0 saturated heterocycles. The zero-order valence-electron chi connectivity index (χ0n) is 19.0. The lowest BCUT2D eigenvalue weighted by atomic mass is 9.79. The number of aromatic nitrogens is 2. The van der Waals surface area contributed by atoms with Gasteiger partial charge in [-0.1, -0.05) is 42.5 Å². The number of hydrogen-bond donors (Lipinski definition) is 2. The Morgan fingerprint density at radius 2 is 1.88 bits per heavy atom. The summed E-state index contributed by atoms with van der Waals surface area (Å²) < 4.78 is 17.5. The Hall–Kier alpha value is -4.31. The van der Waals surface area contributed by atoms with Crippen molar-refractivity contribution in [2.75, 3.05) is 6.61 Å². The molecule has 0 aliphatic carbocycles. The van der Waals surface area contributed by atoms with E-state index in [0.29, 0.717) is 30.6 Å². The fourth-order valence-corrected chi connectivity index (χ4v) is 4.43. The molecule has 0 saturated carbocycles. The average molecular weight is 453 g/mol. The molecule has 0 radical (unpaired) electrons. The first kappa shape index (κ1) is 21.5. The predicted molar refractivity (Wildman–Crippen MR) is 129 cm³/mol. The van der Waals surface area contributed by atoms with Gasteiger partial charge in [0, 0.05) is 17.2 Å². The first-order chi connectivity index (χ1) is 16.6. The van der Waals surface area contributed by atoms with E-state index in [2.05, 4.69) is 46.6 Å². The average Bonchev–Trinajstić information content (AvgIpc) is 3.22. The minimum atomic E-state index is -0.761. The summed E-state index contributed by atoms with van der Waals surface area (Å²) in [6.45, 7) is 4.67. The quantitative estimate of drug-likeness (QED) is 0.403. The molecule has 2 atom stereocenters. The van der Waals surface area contributed by atoms with Crippen LogP contribution in [0.1, 0.15) is 35.2 Å². The maximum Gasteiger partial charge on any atom is 0.243 e. The van der Waals surface area contributed by atoms with Gasteiger partial charge in [-0.3, -0.25) is 10.5 Å². The SMILES string of the molecule is CCOc1cc(C2c3c(n[nH]c3C)OC(=N)C2C#N)ccc1OCc1ccc2ccccc2c1. The Morgan fingerprint density at radius 3 is 2.68 bits per heavy atom. The number of benzene rings is 3. The highest BCUT2D eigenvalue weighted by atomic mass is 16.5. The van der Waals surface area contributed by atoms with Crippen LogP contribution >= 0.6 is 0 Å². The van der Waals surface area contributed by atoms with Crippen molar-refractivity contribution in [1.29, 1.82) is 10.7 Å². The largest absolute Gasteiger partial charge is 0.490 e. The van der Waals surface area contributed by atoms with Gasteiger partial charge in [0.1, 0.15) is 12.5 Å². The van der Waals surface area contributed by atoms with E-state index in [0.717, 1.165) is 22.4 Å². The topological polar surface area (TPSA) is 104 Å². The van der Waals surface area contributed by atoms with Crippen molar-refractivity contribution in [3.05, 3.63) is 83.0 Å². The summed E-state index contributed by atoms with van der Waals surface area (Å²) in [7, 11) is 0. The van der Waals surface area contributed by atoms with E-state index in [9.17, 15) is 5.26 Å². The summed E-state index contributed by atoms with van der Waals surface area (Å²) in [6, 6.07) is 22.4. The second-order valence-electron chi connectivity index (χ2n) is 8.23. The third-order valence-electron chi connectivity index (χ3n) is 6.07. The van der Waals surface area contributed by atoms with Crippen LogP contribution in [0.25, 0.3) is 10.8 Å². The van der Waals surface area contributed by atoms with Gasteiger partial charge < -0.3 is 14.2 Å².